The summed E-state index contributed by atoms with van der Waals surface area (Å²) in [4.78, 5) is 30.4. The topological polar surface area (TPSA) is 74.4 Å². The number of carbonyl (C=O) groups excluding carboxylic acids is 2. The number of aromatic amines is 1. The molecular weight excluding hydrogens is 354 g/mol. The first-order valence-electron chi connectivity index (χ1n) is 9.47. The van der Waals surface area contributed by atoms with Gasteiger partial charge in [-0.25, -0.2) is 4.79 Å². The predicted molar refractivity (Wildman–Crippen MR) is 109 cm³/mol. The Bertz CT molecular complexity index is 1020. The molecule has 0 aliphatic carbocycles. The molecule has 2 aromatic carbocycles. The van der Waals surface area contributed by atoms with Gasteiger partial charge >= 0.3 is 5.97 Å². The zero-order valence-electron chi connectivity index (χ0n) is 15.8. The maximum absolute atomic E-state index is 13.0. The van der Waals surface area contributed by atoms with Crippen LogP contribution in [0.3, 0.4) is 0 Å². The number of likely N-dealkylation sites (tertiary alicyclic amines) is 1. The van der Waals surface area contributed by atoms with Crippen molar-refractivity contribution in [2.45, 2.75) is 19.4 Å². The van der Waals surface area contributed by atoms with E-state index in [0.717, 1.165) is 36.1 Å². The maximum Gasteiger partial charge on any atom is 0.337 e. The summed E-state index contributed by atoms with van der Waals surface area (Å²) < 4.78 is 4.75. The van der Waals surface area contributed by atoms with Crippen LogP contribution in [-0.4, -0.2) is 42.0 Å². The van der Waals surface area contributed by atoms with Crippen LogP contribution in [0.2, 0.25) is 0 Å². The van der Waals surface area contributed by atoms with Crippen LogP contribution in [0, 0.1) is 0 Å². The molecule has 28 heavy (non-hydrogen) atoms. The van der Waals surface area contributed by atoms with Crippen molar-refractivity contribution >= 4 is 28.5 Å². The molecule has 1 saturated heterocycles. The number of anilines is 1. The normalized spacial score (nSPS) is 14.3. The number of benzene rings is 2. The minimum Gasteiger partial charge on any atom is -0.465 e. The van der Waals surface area contributed by atoms with E-state index >= 15 is 0 Å². The predicted octanol–water partition coefficient (Wildman–Crippen LogP) is 3.80. The van der Waals surface area contributed by atoms with Gasteiger partial charge in [0.2, 0.25) is 0 Å². The molecule has 0 radical (unpaired) electrons. The third-order valence-electron chi connectivity index (χ3n) is 5.17. The number of nitrogens with zero attached hydrogens (tertiary/aromatic N) is 1. The van der Waals surface area contributed by atoms with Crippen LogP contribution in [-0.2, 0) is 11.3 Å². The maximum atomic E-state index is 13.0. The van der Waals surface area contributed by atoms with Gasteiger partial charge in [-0.3, -0.25) is 9.69 Å². The fraction of sp³-hybridized carbons (Fsp3) is 0.273. The number of fused-ring (bicyclic) bond motifs is 1. The summed E-state index contributed by atoms with van der Waals surface area (Å²) in [5, 5.41) is 3.86. The number of rotatable bonds is 5. The van der Waals surface area contributed by atoms with E-state index in [1.807, 2.05) is 24.4 Å². The van der Waals surface area contributed by atoms with Gasteiger partial charge in [-0.2, -0.15) is 0 Å². The van der Waals surface area contributed by atoms with E-state index in [4.69, 9.17) is 4.74 Å². The number of hydrogen-bond acceptors (Lipinski definition) is 4. The van der Waals surface area contributed by atoms with Gasteiger partial charge in [-0.05, 0) is 61.8 Å². The summed E-state index contributed by atoms with van der Waals surface area (Å²) in [6, 6.07) is 12.4. The summed E-state index contributed by atoms with van der Waals surface area (Å²) in [6.45, 7) is 3.03. The summed E-state index contributed by atoms with van der Waals surface area (Å²) in [6.07, 6.45) is 4.45. The Morgan fingerprint density at radius 3 is 2.71 bits per heavy atom. The number of esters is 1. The molecule has 1 aliphatic heterocycles. The first-order chi connectivity index (χ1) is 13.7. The monoisotopic (exact) mass is 377 g/mol. The Morgan fingerprint density at radius 1 is 1.14 bits per heavy atom. The van der Waals surface area contributed by atoms with Crippen LogP contribution in [0.5, 0.6) is 0 Å². The molecule has 0 saturated carbocycles. The van der Waals surface area contributed by atoms with E-state index in [9.17, 15) is 9.59 Å². The molecule has 0 atom stereocenters. The highest BCUT2D eigenvalue weighted by Gasteiger charge is 2.18. The van der Waals surface area contributed by atoms with Gasteiger partial charge in [0.05, 0.1) is 12.7 Å². The summed E-state index contributed by atoms with van der Waals surface area (Å²) >= 11 is 0. The smallest absolute Gasteiger partial charge is 0.337 e. The molecule has 1 aromatic heterocycles. The summed E-state index contributed by atoms with van der Waals surface area (Å²) in [7, 11) is 1.34. The third kappa shape index (κ3) is 3.64. The highest BCUT2D eigenvalue weighted by atomic mass is 16.5. The van der Waals surface area contributed by atoms with Crippen molar-refractivity contribution in [1.82, 2.24) is 9.88 Å². The van der Waals surface area contributed by atoms with Gasteiger partial charge in [-0.1, -0.05) is 12.1 Å². The fourth-order valence-corrected chi connectivity index (χ4v) is 3.79. The van der Waals surface area contributed by atoms with Gasteiger partial charge in [0.25, 0.3) is 5.91 Å². The highest BCUT2D eigenvalue weighted by molar-refractivity contribution is 6.13. The second-order valence-corrected chi connectivity index (χ2v) is 7.05. The SMILES string of the molecule is COC(=O)c1cccc(NC(=O)c2cccc3[nH]cc(CN4CCCC4)c23)c1. The lowest BCUT2D eigenvalue weighted by atomic mass is 10.0. The average molecular weight is 377 g/mol. The Labute approximate surface area is 163 Å². The number of nitrogens with one attached hydrogen (secondary N) is 2. The van der Waals surface area contributed by atoms with Crippen LogP contribution in [0.15, 0.2) is 48.7 Å². The van der Waals surface area contributed by atoms with Crippen molar-refractivity contribution in [3.63, 3.8) is 0 Å². The lowest BCUT2D eigenvalue weighted by Gasteiger charge is -2.14. The average Bonchev–Trinajstić information content (AvgIpc) is 3.38. The van der Waals surface area contributed by atoms with Gasteiger partial charge in [0.15, 0.2) is 0 Å². The molecule has 6 heteroatoms. The summed E-state index contributed by atoms with van der Waals surface area (Å²) in [5.41, 5.74) is 3.66. The van der Waals surface area contributed by atoms with Crippen molar-refractivity contribution in [3.05, 3.63) is 65.4 Å². The van der Waals surface area contributed by atoms with Crippen molar-refractivity contribution in [1.29, 1.82) is 0 Å². The Morgan fingerprint density at radius 2 is 1.93 bits per heavy atom. The first kappa shape index (κ1) is 18.3. The zero-order chi connectivity index (χ0) is 19.5. The molecule has 1 amide bonds. The molecule has 6 nitrogen and oxygen atoms in total. The molecule has 1 fully saturated rings. The minimum absolute atomic E-state index is 0.199. The zero-order valence-corrected chi connectivity index (χ0v) is 15.8. The number of ether oxygens (including phenoxy) is 1. The van der Waals surface area contributed by atoms with Crippen LogP contribution >= 0.6 is 0 Å². The lowest BCUT2D eigenvalue weighted by molar-refractivity contribution is 0.0600. The first-order valence-corrected chi connectivity index (χ1v) is 9.47. The molecule has 0 spiro atoms. The molecular formula is C22H23N3O3. The number of methoxy groups -OCH3 is 1. The van der Waals surface area contributed by atoms with Gasteiger partial charge < -0.3 is 15.0 Å². The molecule has 2 N–H and O–H groups in total. The van der Waals surface area contributed by atoms with Gasteiger partial charge in [-0.15, -0.1) is 0 Å². The fourth-order valence-electron chi connectivity index (χ4n) is 3.79. The number of hydrogen-bond donors (Lipinski definition) is 2. The number of H-pyrrole nitrogens is 1. The van der Waals surface area contributed by atoms with E-state index < -0.39 is 5.97 Å². The van der Waals surface area contributed by atoms with E-state index in [1.165, 1.54) is 20.0 Å². The van der Waals surface area contributed by atoms with E-state index in [0.29, 0.717) is 16.8 Å². The molecule has 0 bridgehead atoms. The highest BCUT2D eigenvalue weighted by Crippen LogP contribution is 2.26. The van der Waals surface area contributed by atoms with Crippen molar-refractivity contribution in [2.24, 2.45) is 0 Å². The second kappa shape index (κ2) is 7.86. The van der Waals surface area contributed by atoms with Gasteiger partial charge in [0, 0.05) is 34.9 Å². The van der Waals surface area contributed by atoms with Gasteiger partial charge in [0.1, 0.15) is 0 Å². The van der Waals surface area contributed by atoms with E-state index in [-0.39, 0.29) is 5.91 Å². The Balaban J connectivity index is 1.62. The number of aromatic nitrogens is 1. The molecule has 144 valence electrons. The third-order valence-corrected chi connectivity index (χ3v) is 5.17. The lowest BCUT2D eigenvalue weighted by Crippen LogP contribution is -2.19. The van der Waals surface area contributed by atoms with Crippen LogP contribution in [0.4, 0.5) is 5.69 Å². The number of carbonyl (C=O) groups is 2. The van der Waals surface area contributed by atoms with Crippen LogP contribution in [0.1, 0.15) is 39.1 Å². The van der Waals surface area contributed by atoms with Crippen molar-refractivity contribution < 1.29 is 14.3 Å². The molecule has 2 heterocycles. The molecule has 0 unspecified atom stereocenters. The van der Waals surface area contributed by atoms with Crippen molar-refractivity contribution in [2.75, 3.05) is 25.5 Å². The van der Waals surface area contributed by atoms with Crippen LogP contribution < -0.4 is 5.32 Å². The van der Waals surface area contributed by atoms with E-state index in [2.05, 4.69) is 15.2 Å². The summed E-state index contributed by atoms with van der Waals surface area (Å²) in [5.74, 6) is -0.633. The quantitative estimate of drug-likeness (QED) is 0.663. The van der Waals surface area contributed by atoms with Crippen LogP contribution in [0.25, 0.3) is 10.9 Å². The largest absolute Gasteiger partial charge is 0.465 e. The minimum atomic E-state index is -0.434. The number of amides is 1. The standard InChI is InChI=1S/C22H23N3O3/c1-28-22(27)15-6-4-7-17(12-15)24-21(26)18-8-5-9-19-20(18)16(13-23-19)14-25-10-2-3-11-25/h4-9,12-13,23H,2-3,10-11,14H2,1H3,(H,24,26). The molecule has 4 rings (SSSR count). The Hall–Kier alpha value is -3.12. The second-order valence-electron chi connectivity index (χ2n) is 7.05. The Kier molecular flexibility index (Phi) is 5.12. The molecule has 3 aromatic rings. The van der Waals surface area contributed by atoms with Crippen molar-refractivity contribution in [3.8, 4) is 0 Å². The van der Waals surface area contributed by atoms with E-state index in [1.54, 1.807) is 24.3 Å². The molecule has 1 aliphatic rings.